The van der Waals surface area contributed by atoms with Gasteiger partial charge in [-0.25, -0.2) is 0 Å². The molecular weight excluding hydrogens is 428 g/mol. The summed E-state index contributed by atoms with van der Waals surface area (Å²) in [6.07, 6.45) is -6.24. The molecule has 7 N–H and O–H groups in total. The lowest BCUT2D eigenvalue weighted by molar-refractivity contribution is -0.277. The first kappa shape index (κ1) is 21.9. The Labute approximate surface area is 180 Å². The SMILES string of the molecule is O=C1/C(=C\c2ccc(O)c(O)c2)Oc2cc(O[C@@H]3OC(CO)[C@@H](O)[C@H](O)C3O)cc(O)c21. The molecule has 1 saturated heterocycles. The third-order valence-corrected chi connectivity index (χ3v) is 5.12. The molecule has 0 aromatic heterocycles. The molecule has 1 fully saturated rings. The molecule has 5 atom stereocenters. The second kappa shape index (κ2) is 8.30. The van der Waals surface area contributed by atoms with E-state index in [1.807, 2.05) is 0 Å². The number of aliphatic hydroxyl groups excluding tert-OH is 4. The number of phenols is 3. The van der Waals surface area contributed by atoms with Crippen molar-refractivity contribution in [3.05, 3.63) is 47.2 Å². The van der Waals surface area contributed by atoms with E-state index < -0.39 is 48.8 Å². The fraction of sp³-hybridized carbons (Fsp3) is 0.286. The van der Waals surface area contributed by atoms with E-state index >= 15 is 0 Å². The summed E-state index contributed by atoms with van der Waals surface area (Å²) < 4.78 is 16.2. The molecule has 32 heavy (non-hydrogen) atoms. The van der Waals surface area contributed by atoms with E-state index in [0.29, 0.717) is 5.56 Å². The molecule has 0 aliphatic carbocycles. The van der Waals surface area contributed by atoms with Gasteiger partial charge in [0, 0.05) is 12.1 Å². The molecule has 2 aromatic rings. The Morgan fingerprint density at radius 1 is 0.938 bits per heavy atom. The molecule has 11 heteroatoms. The maximum atomic E-state index is 12.6. The van der Waals surface area contributed by atoms with Crippen LogP contribution in [0.5, 0.6) is 28.7 Å². The molecule has 4 rings (SSSR count). The van der Waals surface area contributed by atoms with Crippen molar-refractivity contribution in [2.75, 3.05) is 6.61 Å². The van der Waals surface area contributed by atoms with Gasteiger partial charge >= 0.3 is 0 Å². The minimum absolute atomic E-state index is 0.0520. The summed E-state index contributed by atoms with van der Waals surface area (Å²) in [4.78, 5) is 12.6. The van der Waals surface area contributed by atoms with Crippen LogP contribution in [-0.2, 0) is 4.74 Å². The van der Waals surface area contributed by atoms with Gasteiger partial charge in [0.05, 0.1) is 6.61 Å². The second-order valence-corrected chi connectivity index (χ2v) is 7.32. The lowest BCUT2D eigenvalue weighted by Gasteiger charge is -2.39. The smallest absolute Gasteiger partial charge is 0.235 e. The summed E-state index contributed by atoms with van der Waals surface area (Å²) in [5.74, 6) is -2.13. The standard InChI is InChI=1S/C21H20O11/c22-7-15-18(27)19(28)20(29)21(32-15)30-9-5-12(25)16-13(6-9)31-14(17(16)26)4-8-1-2-10(23)11(24)3-8/h1-6,15,18-25,27-29H,7H2/b14-4+/t15?,18-,19+,20?,21-/m1/s1. The second-order valence-electron chi connectivity index (χ2n) is 7.32. The van der Waals surface area contributed by atoms with Gasteiger partial charge in [-0.3, -0.25) is 4.79 Å². The van der Waals surface area contributed by atoms with Crippen molar-refractivity contribution < 1.29 is 54.8 Å². The van der Waals surface area contributed by atoms with Crippen LogP contribution in [0.15, 0.2) is 36.1 Å². The number of Topliss-reactive ketones (excluding diaryl/α,β-unsaturated/α-hetero) is 1. The number of aromatic hydroxyl groups is 3. The molecule has 2 heterocycles. The maximum Gasteiger partial charge on any atom is 0.235 e. The minimum atomic E-state index is -1.66. The Hall–Kier alpha value is -3.35. The zero-order valence-electron chi connectivity index (χ0n) is 16.3. The highest BCUT2D eigenvalue weighted by Crippen LogP contribution is 2.42. The predicted molar refractivity (Wildman–Crippen MR) is 105 cm³/mol. The zero-order valence-corrected chi connectivity index (χ0v) is 16.3. The van der Waals surface area contributed by atoms with E-state index in [9.17, 15) is 40.5 Å². The molecule has 0 radical (unpaired) electrons. The van der Waals surface area contributed by atoms with Crippen LogP contribution < -0.4 is 9.47 Å². The number of phenolic OH excluding ortho intramolecular Hbond substituents is 3. The van der Waals surface area contributed by atoms with Gasteiger partial charge in [0.15, 0.2) is 17.3 Å². The highest BCUT2D eigenvalue weighted by Gasteiger charge is 2.45. The number of hydrogen-bond donors (Lipinski definition) is 7. The summed E-state index contributed by atoms with van der Waals surface area (Å²) in [5, 5.41) is 68.4. The number of benzene rings is 2. The van der Waals surface area contributed by atoms with Gasteiger partial charge in [-0.1, -0.05) is 6.07 Å². The van der Waals surface area contributed by atoms with Crippen molar-refractivity contribution >= 4 is 11.9 Å². The average molecular weight is 448 g/mol. The Kier molecular flexibility index (Phi) is 5.67. The van der Waals surface area contributed by atoms with Gasteiger partial charge < -0.3 is 50.0 Å². The molecule has 0 saturated carbocycles. The first-order chi connectivity index (χ1) is 15.2. The molecule has 0 spiro atoms. The van der Waals surface area contributed by atoms with Gasteiger partial charge in [-0.15, -0.1) is 0 Å². The highest BCUT2D eigenvalue weighted by molar-refractivity contribution is 6.16. The van der Waals surface area contributed by atoms with Gasteiger partial charge in [0.2, 0.25) is 12.1 Å². The summed E-state index contributed by atoms with van der Waals surface area (Å²) >= 11 is 0. The quantitative estimate of drug-likeness (QED) is 0.238. The minimum Gasteiger partial charge on any atom is -0.507 e. The molecule has 0 bridgehead atoms. The van der Waals surface area contributed by atoms with Crippen LogP contribution in [0, 0.1) is 0 Å². The van der Waals surface area contributed by atoms with Crippen LogP contribution >= 0.6 is 0 Å². The number of ketones is 1. The van der Waals surface area contributed by atoms with Crippen LogP contribution in [0.2, 0.25) is 0 Å². The Balaban J connectivity index is 1.58. The molecule has 170 valence electrons. The van der Waals surface area contributed by atoms with E-state index in [1.54, 1.807) is 0 Å². The number of carbonyl (C=O) groups is 1. The van der Waals surface area contributed by atoms with E-state index in [0.717, 1.165) is 6.07 Å². The average Bonchev–Trinajstić information content (AvgIpc) is 3.06. The van der Waals surface area contributed by atoms with Crippen LogP contribution in [-0.4, -0.2) is 78.8 Å². The summed E-state index contributed by atoms with van der Waals surface area (Å²) in [6.45, 7) is -0.640. The largest absolute Gasteiger partial charge is 0.507 e. The number of aliphatic hydroxyl groups is 4. The number of rotatable bonds is 4. The summed E-state index contributed by atoms with van der Waals surface area (Å²) in [6, 6.07) is 6.23. The molecule has 2 aliphatic heterocycles. The lowest BCUT2D eigenvalue weighted by Crippen LogP contribution is -2.60. The van der Waals surface area contributed by atoms with Gasteiger partial charge in [-0.2, -0.15) is 0 Å². The summed E-state index contributed by atoms with van der Waals surface area (Å²) in [7, 11) is 0. The normalized spacial score (nSPS) is 28.4. The van der Waals surface area contributed by atoms with E-state index in [-0.39, 0.29) is 34.3 Å². The van der Waals surface area contributed by atoms with Crippen molar-refractivity contribution in [1.82, 2.24) is 0 Å². The van der Waals surface area contributed by atoms with E-state index in [4.69, 9.17) is 14.2 Å². The van der Waals surface area contributed by atoms with Crippen molar-refractivity contribution in [1.29, 1.82) is 0 Å². The topological polar surface area (TPSA) is 186 Å². The number of hydrogen-bond acceptors (Lipinski definition) is 11. The molecule has 11 nitrogen and oxygen atoms in total. The first-order valence-electron chi connectivity index (χ1n) is 9.50. The molecular formula is C21H20O11. The maximum absolute atomic E-state index is 12.6. The fourth-order valence-corrected chi connectivity index (χ4v) is 3.42. The fourth-order valence-electron chi connectivity index (χ4n) is 3.42. The van der Waals surface area contributed by atoms with Crippen molar-refractivity contribution in [3.8, 4) is 28.7 Å². The highest BCUT2D eigenvalue weighted by atomic mass is 16.7. The Morgan fingerprint density at radius 3 is 2.38 bits per heavy atom. The molecule has 2 unspecified atom stereocenters. The van der Waals surface area contributed by atoms with Gasteiger partial charge in [-0.05, 0) is 23.8 Å². The van der Waals surface area contributed by atoms with E-state index in [1.165, 1.54) is 30.3 Å². The Morgan fingerprint density at radius 2 is 1.69 bits per heavy atom. The number of carbonyl (C=O) groups excluding carboxylic acids is 1. The van der Waals surface area contributed by atoms with Gasteiger partial charge in [0.1, 0.15) is 47.2 Å². The van der Waals surface area contributed by atoms with Crippen LogP contribution in [0.1, 0.15) is 15.9 Å². The van der Waals surface area contributed by atoms with Crippen molar-refractivity contribution in [2.45, 2.75) is 30.7 Å². The summed E-state index contributed by atoms with van der Waals surface area (Å²) in [5.41, 5.74) is 0.217. The van der Waals surface area contributed by atoms with Crippen molar-refractivity contribution in [2.24, 2.45) is 0 Å². The third kappa shape index (κ3) is 3.83. The lowest BCUT2D eigenvalue weighted by atomic mass is 9.99. The predicted octanol–water partition coefficient (Wildman–Crippen LogP) is -0.402. The number of ether oxygens (including phenoxy) is 3. The van der Waals surface area contributed by atoms with Crippen LogP contribution in [0.25, 0.3) is 6.08 Å². The first-order valence-corrected chi connectivity index (χ1v) is 9.50. The molecule has 0 amide bonds. The number of allylic oxidation sites excluding steroid dienone is 1. The van der Waals surface area contributed by atoms with Crippen LogP contribution in [0.3, 0.4) is 0 Å². The zero-order chi connectivity index (χ0) is 23.2. The monoisotopic (exact) mass is 448 g/mol. The van der Waals surface area contributed by atoms with Gasteiger partial charge in [0.25, 0.3) is 0 Å². The number of fused-ring (bicyclic) bond motifs is 1. The molecule has 2 aromatic carbocycles. The van der Waals surface area contributed by atoms with Crippen molar-refractivity contribution in [3.63, 3.8) is 0 Å². The van der Waals surface area contributed by atoms with Crippen LogP contribution in [0.4, 0.5) is 0 Å². The van der Waals surface area contributed by atoms with E-state index in [2.05, 4.69) is 0 Å². The third-order valence-electron chi connectivity index (χ3n) is 5.12. The Bertz CT molecular complexity index is 1080. The molecule has 2 aliphatic rings.